The van der Waals surface area contributed by atoms with E-state index >= 15 is 0 Å². The Morgan fingerprint density at radius 2 is 2.00 bits per heavy atom. The van der Waals surface area contributed by atoms with Crippen molar-refractivity contribution < 1.29 is 24.2 Å². The third-order valence-corrected chi connectivity index (χ3v) is 1.67. The Kier molecular flexibility index (Phi) is 5.82. The van der Waals surface area contributed by atoms with E-state index in [0.717, 1.165) is 0 Å². The van der Waals surface area contributed by atoms with Crippen LogP contribution < -0.4 is 5.32 Å². The van der Waals surface area contributed by atoms with Gasteiger partial charge in [-0.15, -0.1) is 0 Å². The highest BCUT2D eigenvalue weighted by molar-refractivity contribution is 5.86. The molecule has 0 aromatic rings. The SMILES string of the molecule is COCC(NC(=O)C(C)OC)C(=O)O. The van der Waals surface area contributed by atoms with Crippen LogP contribution >= 0.6 is 0 Å². The van der Waals surface area contributed by atoms with Crippen LogP contribution in [0.5, 0.6) is 0 Å². The van der Waals surface area contributed by atoms with Gasteiger partial charge in [0.25, 0.3) is 0 Å². The molecule has 0 rings (SSSR count). The maximum Gasteiger partial charge on any atom is 0.328 e. The van der Waals surface area contributed by atoms with Crippen molar-refractivity contribution in [2.24, 2.45) is 0 Å². The standard InChI is InChI=1S/C8H15NO5/c1-5(14-3)7(10)9-6(4-13-2)8(11)12/h5-6H,4H2,1-3H3,(H,9,10)(H,11,12). The second kappa shape index (κ2) is 6.33. The summed E-state index contributed by atoms with van der Waals surface area (Å²) in [6.07, 6.45) is -0.672. The molecular formula is C8H15NO5. The molecule has 2 atom stereocenters. The monoisotopic (exact) mass is 205 g/mol. The van der Waals surface area contributed by atoms with Gasteiger partial charge in [0.15, 0.2) is 6.04 Å². The number of hydrogen-bond acceptors (Lipinski definition) is 4. The van der Waals surface area contributed by atoms with Crippen molar-refractivity contribution >= 4 is 11.9 Å². The molecule has 0 fully saturated rings. The molecule has 0 bridgehead atoms. The summed E-state index contributed by atoms with van der Waals surface area (Å²) < 4.78 is 9.37. The quantitative estimate of drug-likeness (QED) is 0.595. The van der Waals surface area contributed by atoms with Gasteiger partial charge in [0.2, 0.25) is 5.91 Å². The minimum atomic E-state index is -1.14. The van der Waals surface area contributed by atoms with Crippen LogP contribution in [0.15, 0.2) is 0 Å². The van der Waals surface area contributed by atoms with E-state index in [-0.39, 0.29) is 6.61 Å². The summed E-state index contributed by atoms with van der Waals surface area (Å²) >= 11 is 0. The number of rotatable bonds is 6. The van der Waals surface area contributed by atoms with E-state index in [4.69, 9.17) is 9.84 Å². The molecule has 82 valence electrons. The van der Waals surface area contributed by atoms with E-state index in [1.54, 1.807) is 0 Å². The number of carboxylic acid groups (broad SMARTS) is 1. The summed E-state index contributed by atoms with van der Waals surface area (Å²) in [4.78, 5) is 21.8. The third kappa shape index (κ3) is 4.20. The molecule has 0 aliphatic carbocycles. The van der Waals surface area contributed by atoms with Crippen LogP contribution in [0.2, 0.25) is 0 Å². The first-order chi connectivity index (χ1) is 6.52. The van der Waals surface area contributed by atoms with Gasteiger partial charge in [-0.05, 0) is 6.92 Å². The fourth-order valence-electron chi connectivity index (χ4n) is 0.737. The van der Waals surface area contributed by atoms with E-state index in [0.29, 0.717) is 0 Å². The van der Waals surface area contributed by atoms with Crippen molar-refractivity contribution in [3.05, 3.63) is 0 Å². The second-order valence-electron chi connectivity index (χ2n) is 2.73. The molecule has 1 amide bonds. The van der Waals surface area contributed by atoms with Crippen molar-refractivity contribution in [2.45, 2.75) is 19.1 Å². The first-order valence-corrected chi connectivity index (χ1v) is 4.07. The van der Waals surface area contributed by atoms with Gasteiger partial charge < -0.3 is 19.9 Å². The molecule has 0 heterocycles. The molecule has 2 unspecified atom stereocenters. The highest BCUT2D eigenvalue weighted by Crippen LogP contribution is 1.91. The number of methoxy groups -OCH3 is 2. The van der Waals surface area contributed by atoms with Gasteiger partial charge in [0, 0.05) is 14.2 Å². The Bertz CT molecular complexity index is 206. The van der Waals surface area contributed by atoms with E-state index < -0.39 is 24.0 Å². The first-order valence-electron chi connectivity index (χ1n) is 4.07. The van der Waals surface area contributed by atoms with Crippen LogP contribution in [0.4, 0.5) is 0 Å². The molecule has 0 aliphatic heterocycles. The van der Waals surface area contributed by atoms with Crippen molar-refractivity contribution in [3.8, 4) is 0 Å². The zero-order valence-electron chi connectivity index (χ0n) is 8.44. The highest BCUT2D eigenvalue weighted by Gasteiger charge is 2.22. The predicted octanol–water partition coefficient (Wildman–Crippen LogP) is -0.763. The van der Waals surface area contributed by atoms with E-state index in [1.165, 1.54) is 21.1 Å². The number of carbonyl (C=O) groups excluding carboxylic acids is 1. The number of aliphatic carboxylic acids is 1. The minimum Gasteiger partial charge on any atom is -0.480 e. The van der Waals surface area contributed by atoms with Crippen molar-refractivity contribution in [2.75, 3.05) is 20.8 Å². The van der Waals surface area contributed by atoms with Gasteiger partial charge in [-0.2, -0.15) is 0 Å². The Balaban J connectivity index is 4.15. The largest absolute Gasteiger partial charge is 0.480 e. The molecule has 0 aromatic carbocycles. The van der Waals surface area contributed by atoms with E-state index in [2.05, 4.69) is 10.1 Å². The number of amides is 1. The summed E-state index contributed by atoms with van der Waals surface area (Å²) in [6, 6.07) is -1.04. The Labute approximate surface area is 82.2 Å². The number of carboxylic acids is 1. The fraction of sp³-hybridized carbons (Fsp3) is 0.750. The number of nitrogens with one attached hydrogen (secondary N) is 1. The lowest BCUT2D eigenvalue weighted by atomic mass is 10.3. The lowest BCUT2D eigenvalue weighted by molar-refractivity contribution is -0.145. The van der Waals surface area contributed by atoms with Gasteiger partial charge in [-0.3, -0.25) is 4.79 Å². The lowest BCUT2D eigenvalue weighted by Crippen LogP contribution is -2.47. The van der Waals surface area contributed by atoms with Gasteiger partial charge in [-0.1, -0.05) is 0 Å². The second-order valence-corrected chi connectivity index (χ2v) is 2.73. The number of carbonyl (C=O) groups is 2. The summed E-state index contributed by atoms with van der Waals surface area (Å²) in [5.74, 6) is -1.61. The molecular weight excluding hydrogens is 190 g/mol. The van der Waals surface area contributed by atoms with Gasteiger partial charge in [0.05, 0.1) is 6.61 Å². The van der Waals surface area contributed by atoms with E-state index in [1.807, 2.05) is 0 Å². The normalized spacial score (nSPS) is 14.5. The maximum atomic E-state index is 11.2. The summed E-state index contributed by atoms with van der Waals surface area (Å²) in [5, 5.41) is 11.0. The van der Waals surface area contributed by atoms with Gasteiger partial charge in [0.1, 0.15) is 6.10 Å². The molecule has 2 N–H and O–H groups in total. The summed E-state index contributed by atoms with van der Waals surface area (Å²) in [7, 11) is 2.73. The van der Waals surface area contributed by atoms with E-state index in [9.17, 15) is 9.59 Å². The zero-order valence-corrected chi connectivity index (χ0v) is 8.44. The topological polar surface area (TPSA) is 84.9 Å². The highest BCUT2D eigenvalue weighted by atomic mass is 16.5. The van der Waals surface area contributed by atoms with Gasteiger partial charge >= 0.3 is 5.97 Å². The minimum absolute atomic E-state index is 0.0719. The molecule has 0 radical (unpaired) electrons. The first kappa shape index (κ1) is 12.9. The average Bonchev–Trinajstić information content (AvgIpc) is 2.15. The molecule has 6 nitrogen and oxygen atoms in total. The van der Waals surface area contributed by atoms with Crippen LogP contribution in [0.1, 0.15) is 6.92 Å². The Morgan fingerprint density at radius 3 is 2.36 bits per heavy atom. The third-order valence-electron chi connectivity index (χ3n) is 1.67. The molecule has 0 saturated heterocycles. The predicted molar refractivity (Wildman–Crippen MR) is 47.9 cm³/mol. The van der Waals surface area contributed by atoms with Crippen molar-refractivity contribution in [1.82, 2.24) is 5.32 Å². The molecule has 0 aliphatic rings. The maximum absolute atomic E-state index is 11.2. The smallest absolute Gasteiger partial charge is 0.328 e. The van der Waals surface area contributed by atoms with Crippen molar-refractivity contribution in [3.63, 3.8) is 0 Å². The lowest BCUT2D eigenvalue weighted by Gasteiger charge is -2.16. The van der Waals surface area contributed by atoms with Crippen LogP contribution in [0.25, 0.3) is 0 Å². The molecule has 0 saturated carbocycles. The zero-order chi connectivity index (χ0) is 11.1. The molecule has 6 heteroatoms. The molecule has 0 spiro atoms. The number of hydrogen-bond donors (Lipinski definition) is 2. The Hall–Kier alpha value is -1.14. The molecule has 0 aromatic heterocycles. The molecule has 14 heavy (non-hydrogen) atoms. The Morgan fingerprint density at radius 1 is 1.43 bits per heavy atom. The van der Waals surface area contributed by atoms with Gasteiger partial charge in [-0.25, -0.2) is 4.79 Å². The van der Waals surface area contributed by atoms with Crippen LogP contribution in [0, 0.1) is 0 Å². The number of ether oxygens (including phenoxy) is 2. The summed E-state index contributed by atoms with van der Waals surface area (Å²) in [5.41, 5.74) is 0. The fourth-order valence-corrected chi connectivity index (χ4v) is 0.737. The van der Waals surface area contributed by atoms with Crippen LogP contribution in [-0.4, -0.2) is 50.0 Å². The van der Waals surface area contributed by atoms with Crippen LogP contribution in [0.3, 0.4) is 0 Å². The van der Waals surface area contributed by atoms with Crippen molar-refractivity contribution in [1.29, 1.82) is 0 Å². The van der Waals surface area contributed by atoms with Crippen LogP contribution in [-0.2, 0) is 19.1 Å². The average molecular weight is 205 g/mol. The summed E-state index contributed by atoms with van der Waals surface area (Å²) in [6.45, 7) is 1.46.